The highest BCUT2D eigenvalue weighted by atomic mass is 127. The minimum absolute atomic E-state index is 0.00983. The van der Waals surface area contributed by atoms with E-state index < -0.39 is 49.0 Å². The van der Waals surface area contributed by atoms with Crippen LogP contribution < -0.4 is 8.43 Å². The summed E-state index contributed by atoms with van der Waals surface area (Å²) in [5, 5.41) is 81.9. The van der Waals surface area contributed by atoms with Gasteiger partial charge in [-0.1, -0.05) is 0 Å². The number of rotatable bonds is 21. The zero-order valence-electron chi connectivity index (χ0n) is 30.8. The van der Waals surface area contributed by atoms with Crippen molar-refractivity contribution in [2.24, 2.45) is 0 Å². The predicted molar refractivity (Wildman–Crippen MR) is 257 cm³/mol. The van der Waals surface area contributed by atoms with Gasteiger partial charge in [-0.15, -0.1) is 0 Å². The summed E-state index contributed by atoms with van der Waals surface area (Å²) >= 11 is 10.0. The fourth-order valence-electron chi connectivity index (χ4n) is 4.63. The Morgan fingerprint density at radius 2 is 0.900 bits per heavy atom. The molecular formula is C32H38I6N6O16. The summed E-state index contributed by atoms with van der Waals surface area (Å²) in [5.41, 5.74) is -1.11. The molecule has 334 valence electrons. The molecule has 0 atom stereocenters. The van der Waals surface area contributed by atoms with Gasteiger partial charge in [-0.05, 0) is 145 Å². The highest BCUT2D eigenvalue weighted by Crippen LogP contribution is 2.38. The number of amides is 6. The molecule has 22 nitrogen and oxygen atoms in total. The smallest absolute Gasteiger partial charge is 0.423 e. The van der Waals surface area contributed by atoms with E-state index in [0.717, 1.165) is 3.11 Å². The zero-order valence-corrected chi connectivity index (χ0v) is 43.8. The molecule has 0 aliphatic rings. The van der Waals surface area contributed by atoms with Crippen molar-refractivity contribution in [2.45, 2.75) is 25.7 Å². The zero-order chi connectivity index (χ0) is 45.4. The molecule has 2 aromatic carbocycles. The van der Waals surface area contributed by atoms with E-state index in [9.17, 15) is 49.6 Å². The minimum atomic E-state index is -1.14. The highest BCUT2D eigenvalue weighted by molar-refractivity contribution is 14.1. The number of halogens is 6. The Morgan fingerprint density at radius 1 is 0.533 bits per heavy atom. The van der Waals surface area contributed by atoms with Crippen molar-refractivity contribution < 1.29 is 79.5 Å². The van der Waals surface area contributed by atoms with E-state index in [1.165, 1.54) is 28.9 Å². The lowest BCUT2D eigenvalue weighted by Crippen LogP contribution is -2.34. The van der Waals surface area contributed by atoms with Crippen LogP contribution >= 0.6 is 136 Å². The molecule has 2 rings (SSSR count). The van der Waals surface area contributed by atoms with Gasteiger partial charge < -0.3 is 29.9 Å². The number of nitrogens with one attached hydrogen (secondary N) is 1. The average Bonchev–Trinajstić information content (AvgIpc) is 3.22. The lowest BCUT2D eigenvalue weighted by Gasteiger charge is -2.24. The Hall–Kier alpha value is -1.08. The number of aliphatic hydroxyl groups is 4. The molecule has 0 heterocycles. The second-order valence-electron chi connectivity index (χ2n) is 11.7. The predicted octanol–water partition coefficient (Wildman–Crippen LogP) is 4.11. The number of benzene rings is 2. The lowest BCUT2D eigenvalue weighted by atomic mass is 10.1. The summed E-state index contributed by atoms with van der Waals surface area (Å²) in [6, 6.07) is 1.20. The largest absolute Gasteiger partial charge is 0.446 e. The SMILES string of the molecule is O=C(Nc1c(I)c(C(=O)N(O)CCCO)c(I)c(C(=O)N(O)CCCO)c1I)OCCOC(=O)N(I)c1cc(C(=O)N(O)CCCO)c(I)c(C(=O)N(O)CCCO)c1I. The molecule has 0 aliphatic heterocycles. The number of hydrogen-bond acceptors (Lipinski definition) is 16. The Balaban J connectivity index is 2.38. The molecular weight excluding hydrogens is 1490 g/mol. The molecule has 60 heavy (non-hydrogen) atoms. The summed E-state index contributed by atoms with van der Waals surface area (Å²) < 4.78 is 11.6. The molecule has 0 bridgehead atoms. The second-order valence-corrected chi connectivity index (χ2v) is 18.0. The number of anilines is 2. The van der Waals surface area contributed by atoms with Gasteiger partial charge in [0.25, 0.3) is 23.6 Å². The van der Waals surface area contributed by atoms with Crippen LogP contribution in [0.3, 0.4) is 0 Å². The fraction of sp³-hybridized carbons (Fsp3) is 0.438. The number of hydroxylamine groups is 8. The topological polar surface area (TPSA) is 311 Å². The van der Waals surface area contributed by atoms with Crippen molar-refractivity contribution in [3.8, 4) is 0 Å². The Labute approximate surface area is 423 Å². The standard InChI is InChI=1S/C32H38I6N6O16/c33-21-16(27(49)40(55)5-1-9-45)15-17(22(34)18(21)28(50)41(56)6-2-10-46)44(38)32(54)60-14-13-59-31(53)39-26-24(36)19(29(51)42(57)7-3-11-47)23(35)20(25(26)37)30(52)43(58)8-4-12-48/h15,45-48,55-58H,1-14H2,(H,39,53). The molecule has 0 saturated heterocycles. The van der Waals surface area contributed by atoms with Crippen LogP contribution in [-0.4, -0.2) is 163 Å². The summed E-state index contributed by atoms with van der Waals surface area (Å²) in [4.78, 5) is 79.6. The van der Waals surface area contributed by atoms with Gasteiger partial charge in [-0.2, -0.15) is 0 Å². The third kappa shape index (κ3) is 14.7. The van der Waals surface area contributed by atoms with Crippen LogP contribution in [-0.2, 0) is 9.47 Å². The fourth-order valence-corrected chi connectivity index (χ4v) is 12.3. The summed E-state index contributed by atoms with van der Waals surface area (Å²) in [6.07, 6.45) is -2.14. The average molecular weight is 1520 g/mol. The van der Waals surface area contributed by atoms with E-state index in [1.54, 1.807) is 113 Å². The van der Waals surface area contributed by atoms with Gasteiger partial charge in [-0.3, -0.25) is 45.3 Å². The van der Waals surface area contributed by atoms with Gasteiger partial charge in [0.2, 0.25) is 0 Å². The van der Waals surface area contributed by atoms with Crippen LogP contribution in [0.1, 0.15) is 67.1 Å². The Morgan fingerprint density at radius 3 is 1.30 bits per heavy atom. The molecule has 6 amide bonds. The molecule has 0 aliphatic carbocycles. The van der Waals surface area contributed by atoms with Crippen molar-refractivity contribution in [2.75, 3.05) is 74.3 Å². The van der Waals surface area contributed by atoms with E-state index in [4.69, 9.17) is 29.9 Å². The quantitative estimate of drug-likeness (QED) is 0.0279. The number of hydrogen-bond donors (Lipinski definition) is 9. The first-order chi connectivity index (χ1) is 28.3. The molecule has 0 unspecified atom stereocenters. The lowest BCUT2D eigenvalue weighted by molar-refractivity contribution is -0.0613. The van der Waals surface area contributed by atoms with Crippen molar-refractivity contribution >= 4 is 183 Å². The molecule has 28 heteroatoms. The maximum absolute atomic E-state index is 13.4. The van der Waals surface area contributed by atoms with E-state index >= 15 is 0 Å². The van der Waals surface area contributed by atoms with E-state index in [1.807, 2.05) is 0 Å². The first-order valence-electron chi connectivity index (χ1n) is 17.1. The molecule has 0 spiro atoms. The second kappa shape index (κ2) is 27.3. The van der Waals surface area contributed by atoms with Crippen LogP contribution in [0.15, 0.2) is 6.07 Å². The van der Waals surface area contributed by atoms with Crippen molar-refractivity contribution in [3.63, 3.8) is 0 Å². The number of ether oxygens (including phenoxy) is 2. The van der Waals surface area contributed by atoms with Gasteiger partial charge in [0, 0.05) is 33.6 Å². The molecule has 0 saturated carbocycles. The first-order valence-corrected chi connectivity index (χ1v) is 23.4. The summed E-state index contributed by atoms with van der Waals surface area (Å²) in [6.45, 7) is -3.59. The molecule has 0 aromatic heterocycles. The third-order valence-electron chi connectivity index (χ3n) is 7.56. The molecule has 9 N–H and O–H groups in total. The maximum Gasteiger partial charge on any atom is 0.423 e. The van der Waals surface area contributed by atoms with Gasteiger partial charge >= 0.3 is 12.2 Å². The Kier molecular flexibility index (Phi) is 25.0. The van der Waals surface area contributed by atoms with Crippen LogP contribution in [0.5, 0.6) is 0 Å². The van der Waals surface area contributed by atoms with Gasteiger partial charge in [0.1, 0.15) is 13.2 Å². The number of aliphatic hydroxyl groups excluding tert-OH is 4. The van der Waals surface area contributed by atoms with Crippen molar-refractivity contribution in [1.29, 1.82) is 0 Å². The molecule has 0 fully saturated rings. The first kappa shape index (κ1) is 55.1. The third-order valence-corrected chi connectivity index (χ3v) is 13.9. The molecule has 2 aromatic rings. The summed E-state index contributed by atoms with van der Waals surface area (Å²) in [7, 11) is 0. The van der Waals surface area contributed by atoms with Crippen LogP contribution in [0.4, 0.5) is 21.0 Å². The number of carbonyl (C=O) groups is 6. The van der Waals surface area contributed by atoms with E-state index in [-0.39, 0.29) is 130 Å². The van der Waals surface area contributed by atoms with Crippen LogP contribution in [0.25, 0.3) is 0 Å². The van der Waals surface area contributed by atoms with E-state index in [0.29, 0.717) is 20.3 Å². The summed E-state index contributed by atoms with van der Waals surface area (Å²) in [5.74, 6) is -3.96. The van der Waals surface area contributed by atoms with Gasteiger partial charge in [0.15, 0.2) is 0 Å². The highest BCUT2D eigenvalue weighted by Gasteiger charge is 2.34. The van der Waals surface area contributed by atoms with Gasteiger partial charge in [0.05, 0.1) is 93.4 Å². The monoisotopic (exact) mass is 1520 g/mol. The van der Waals surface area contributed by atoms with Crippen molar-refractivity contribution in [3.05, 3.63) is 46.2 Å². The van der Waals surface area contributed by atoms with E-state index in [2.05, 4.69) is 5.32 Å². The van der Waals surface area contributed by atoms with Crippen LogP contribution in [0, 0.1) is 17.9 Å². The number of nitrogens with zero attached hydrogens (tertiary/aromatic N) is 5. The van der Waals surface area contributed by atoms with Gasteiger partial charge in [-0.25, -0.2) is 33.0 Å². The minimum Gasteiger partial charge on any atom is -0.446 e. The Bertz CT molecular complexity index is 1850. The maximum atomic E-state index is 13.4. The normalized spacial score (nSPS) is 10.8. The van der Waals surface area contributed by atoms with Crippen molar-refractivity contribution in [1.82, 2.24) is 20.3 Å². The van der Waals surface area contributed by atoms with Crippen LogP contribution in [0.2, 0.25) is 0 Å². The number of carbonyl (C=O) groups excluding carboxylic acids is 6. The molecule has 0 radical (unpaired) electrons.